The lowest BCUT2D eigenvalue weighted by molar-refractivity contribution is -0.136. The summed E-state index contributed by atoms with van der Waals surface area (Å²) in [6, 6.07) is 3.39. The molecule has 0 aliphatic heterocycles. The number of methoxy groups -OCH3 is 1. The van der Waals surface area contributed by atoms with E-state index in [1.54, 1.807) is 25.3 Å². The molecule has 0 spiro atoms. The van der Waals surface area contributed by atoms with E-state index in [4.69, 9.17) is 10.5 Å². The number of anilines is 2. The van der Waals surface area contributed by atoms with Crippen molar-refractivity contribution in [2.24, 2.45) is 0 Å². The molecule has 1 aromatic rings. The zero-order chi connectivity index (χ0) is 12.2. The topological polar surface area (TPSA) is 77.2 Å². The molecule has 16 heavy (non-hydrogen) atoms. The molecule has 3 N–H and O–H groups in total. The van der Waals surface area contributed by atoms with Crippen LogP contribution in [0, 0.1) is 0 Å². The van der Waals surface area contributed by atoms with Crippen molar-refractivity contribution in [2.45, 2.75) is 25.9 Å². The second-order valence-corrected chi connectivity index (χ2v) is 3.68. The first kappa shape index (κ1) is 12.4. The number of amides is 1. The third kappa shape index (κ3) is 2.49. The molecular weight excluding hydrogens is 206 g/mol. The molecular formula is C11H17N3O2. The maximum Gasteiger partial charge on any atom is 0.257 e. The molecule has 5 heteroatoms. The molecule has 0 saturated heterocycles. The summed E-state index contributed by atoms with van der Waals surface area (Å²) < 4.78 is 5.18. The highest BCUT2D eigenvalue weighted by molar-refractivity contribution is 5.98. The number of nitrogen functional groups attached to an aromatic ring is 1. The largest absolute Gasteiger partial charge is 0.396 e. The Morgan fingerprint density at radius 1 is 1.69 bits per heavy atom. The van der Waals surface area contributed by atoms with Gasteiger partial charge in [0.15, 0.2) is 5.82 Å². The number of nitrogens with two attached hydrogens (primary N) is 1. The first-order valence-corrected chi connectivity index (χ1v) is 5.10. The van der Waals surface area contributed by atoms with Crippen LogP contribution in [0.4, 0.5) is 11.5 Å². The summed E-state index contributed by atoms with van der Waals surface area (Å²) in [6.45, 7) is 3.60. The van der Waals surface area contributed by atoms with E-state index in [0.717, 1.165) is 0 Å². The second-order valence-electron chi connectivity index (χ2n) is 3.68. The van der Waals surface area contributed by atoms with Crippen molar-refractivity contribution in [2.75, 3.05) is 18.2 Å². The summed E-state index contributed by atoms with van der Waals surface area (Å²) in [4.78, 5) is 15.9. The van der Waals surface area contributed by atoms with E-state index < -0.39 is 5.60 Å². The molecule has 1 heterocycles. The van der Waals surface area contributed by atoms with Crippen LogP contribution in [0.25, 0.3) is 0 Å². The van der Waals surface area contributed by atoms with E-state index in [-0.39, 0.29) is 5.91 Å². The molecule has 1 rings (SSSR count). The van der Waals surface area contributed by atoms with Crippen LogP contribution in [-0.4, -0.2) is 23.6 Å². The van der Waals surface area contributed by atoms with Crippen LogP contribution in [0.5, 0.6) is 0 Å². The van der Waals surface area contributed by atoms with Crippen molar-refractivity contribution in [3.8, 4) is 0 Å². The van der Waals surface area contributed by atoms with E-state index in [9.17, 15) is 4.79 Å². The van der Waals surface area contributed by atoms with Gasteiger partial charge < -0.3 is 15.8 Å². The van der Waals surface area contributed by atoms with Crippen LogP contribution in [-0.2, 0) is 9.53 Å². The average Bonchev–Trinajstić information content (AvgIpc) is 2.31. The first-order valence-electron chi connectivity index (χ1n) is 5.10. The van der Waals surface area contributed by atoms with Crippen LogP contribution in [0.15, 0.2) is 18.3 Å². The maximum absolute atomic E-state index is 11.9. The Hall–Kier alpha value is -1.62. The van der Waals surface area contributed by atoms with Crippen molar-refractivity contribution in [1.82, 2.24) is 4.98 Å². The van der Waals surface area contributed by atoms with Crippen molar-refractivity contribution in [1.29, 1.82) is 0 Å². The Bertz CT molecular complexity index is 375. The number of hydrogen-bond acceptors (Lipinski definition) is 4. The fourth-order valence-corrected chi connectivity index (χ4v) is 1.16. The summed E-state index contributed by atoms with van der Waals surface area (Å²) in [5.74, 6) is 0.118. The molecule has 0 fully saturated rings. The number of aromatic nitrogens is 1. The molecule has 1 unspecified atom stereocenters. The van der Waals surface area contributed by atoms with Gasteiger partial charge >= 0.3 is 0 Å². The van der Waals surface area contributed by atoms with E-state index in [1.165, 1.54) is 7.11 Å². The third-order valence-corrected chi connectivity index (χ3v) is 2.68. The van der Waals surface area contributed by atoms with Crippen molar-refractivity contribution in [3.05, 3.63) is 18.3 Å². The predicted molar refractivity (Wildman–Crippen MR) is 63.0 cm³/mol. The molecule has 0 radical (unpaired) electrons. The van der Waals surface area contributed by atoms with Crippen molar-refractivity contribution >= 4 is 17.4 Å². The van der Waals surface area contributed by atoms with Gasteiger partial charge in [-0.3, -0.25) is 4.79 Å². The minimum Gasteiger partial charge on any atom is -0.396 e. The Kier molecular flexibility index (Phi) is 3.84. The van der Waals surface area contributed by atoms with Gasteiger partial charge in [-0.15, -0.1) is 0 Å². The molecule has 1 amide bonds. The minimum atomic E-state index is -0.857. The van der Waals surface area contributed by atoms with E-state index in [2.05, 4.69) is 10.3 Å². The zero-order valence-electron chi connectivity index (χ0n) is 9.78. The maximum atomic E-state index is 11.9. The number of ether oxygens (including phenoxy) is 1. The Morgan fingerprint density at radius 3 is 2.88 bits per heavy atom. The second kappa shape index (κ2) is 4.94. The number of nitrogens with one attached hydrogen (secondary N) is 1. The molecule has 0 aliphatic carbocycles. The standard InChI is InChI=1S/C11H17N3O2/c1-4-11(2,16-3)10(15)14-9-8(12)6-5-7-13-9/h5-7H,4,12H2,1-3H3,(H,13,14,15). The SMILES string of the molecule is CCC(C)(OC)C(=O)Nc1ncccc1N. The van der Waals surface area contributed by atoms with Crippen molar-refractivity contribution < 1.29 is 9.53 Å². The lowest BCUT2D eigenvalue weighted by Crippen LogP contribution is -2.41. The van der Waals surface area contributed by atoms with Crippen molar-refractivity contribution in [3.63, 3.8) is 0 Å². The highest BCUT2D eigenvalue weighted by Crippen LogP contribution is 2.19. The molecule has 1 aromatic heterocycles. The van der Waals surface area contributed by atoms with Gasteiger partial charge in [-0.1, -0.05) is 6.92 Å². The quantitative estimate of drug-likeness (QED) is 0.809. The summed E-state index contributed by atoms with van der Waals surface area (Å²) in [6.07, 6.45) is 2.14. The minimum absolute atomic E-state index is 0.247. The fourth-order valence-electron chi connectivity index (χ4n) is 1.16. The molecule has 0 aromatic carbocycles. The number of nitrogens with zero attached hydrogens (tertiary/aromatic N) is 1. The highest BCUT2D eigenvalue weighted by atomic mass is 16.5. The number of carbonyl (C=O) groups is 1. The van der Waals surface area contributed by atoms with Gasteiger partial charge in [0.25, 0.3) is 5.91 Å². The summed E-state index contributed by atoms with van der Waals surface area (Å²) in [7, 11) is 1.50. The lowest BCUT2D eigenvalue weighted by atomic mass is 10.0. The third-order valence-electron chi connectivity index (χ3n) is 2.68. The van der Waals surface area contributed by atoms with Gasteiger partial charge in [0, 0.05) is 13.3 Å². The van der Waals surface area contributed by atoms with Gasteiger partial charge in [0.1, 0.15) is 5.60 Å². The number of pyridine rings is 1. The van der Waals surface area contributed by atoms with Crippen LogP contribution in [0.2, 0.25) is 0 Å². The molecule has 0 bridgehead atoms. The van der Waals surface area contributed by atoms with Gasteiger partial charge in [-0.25, -0.2) is 4.98 Å². The molecule has 1 atom stereocenters. The molecule has 5 nitrogen and oxygen atoms in total. The Balaban J connectivity index is 2.83. The van der Waals surface area contributed by atoms with Crippen LogP contribution in [0.3, 0.4) is 0 Å². The van der Waals surface area contributed by atoms with Crippen LogP contribution < -0.4 is 11.1 Å². The summed E-state index contributed by atoms with van der Waals surface area (Å²) in [5.41, 5.74) is 5.26. The smallest absolute Gasteiger partial charge is 0.257 e. The Morgan fingerprint density at radius 2 is 2.38 bits per heavy atom. The first-order chi connectivity index (χ1) is 7.53. The number of carbonyl (C=O) groups excluding carboxylic acids is 1. The van der Waals surface area contributed by atoms with E-state index in [1.807, 2.05) is 6.92 Å². The van der Waals surface area contributed by atoms with E-state index in [0.29, 0.717) is 17.9 Å². The number of rotatable bonds is 4. The summed E-state index contributed by atoms with van der Waals surface area (Å²) >= 11 is 0. The molecule has 0 aliphatic rings. The monoisotopic (exact) mass is 223 g/mol. The van der Waals surface area contributed by atoms with Gasteiger partial charge in [0.05, 0.1) is 5.69 Å². The summed E-state index contributed by atoms with van der Waals surface area (Å²) in [5, 5.41) is 2.65. The Labute approximate surface area is 95.0 Å². The zero-order valence-corrected chi connectivity index (χ0v) is 9.78. The number of hydrogen-bond donors (Lipinski definition) is 2. The van der Waals surface area contributed by atoms with Gasteiger partial charge in [0.2, 0.25) is 0 Å². The lowest BCUT2D eigenvalue weighted by Gasteiger charge is -2.25. The normalized spacial score (nSPS) is 14.2. The van der Waals surface area contributed by atoms with Crippen LogP contribution in [0.1, 0.15) is 20.3 Å². The van der Waals surface area contributed by atoms with Crippen LogP contribution >= 0.6 is 0 Å². The van der Waals surface area contributed by atoms with Gasteiger partial charge in [-0.05, 0) is 25.5 Å². The fraction of sp³-hybridized carbons (Fsp3) is 0.455. The predicted octanol–water partition coefficient (Wildman–Crippen LogP) is 1.42. The van der Waals surface area contributed by atoms with Gasteiger partial charge in [-0.2, -0.15) is 0 Å². The molecule has 88 valence electrons. The molecule has 0 saturated carbocycles. The average molecular weight is 223 g/mol. The highest BCUT2D eigenvalue weighted by Gasteiger charge is 2.31. The van der Waals surface area contributed by atoms with E-state index >= 15 is 0 Å².